The second-order valence-electron chi connectivity index (χ2n) is 6.51. The Morgan fingerprint density at radius 3 is 2.46 bits per heavy atom. The molecule has 0 aliphatic heterocycles. The molecule has 130 valence electrons. The van der Waals surface area contributed by atoms with Crippen molar-refractivity contribution in [3.63, 3.8) is 0 Å². The minimum Gasteiger partial charge on any atom is -0.350 e. The topological polar surface area (TPSA) is 58.9 Å². The lowest BCUT2D eigenvalue weighted by Crippen LogP contribution is -2.39. The first-order chi connectivity index (χ1) is 11.4. The number of benzene rings is 1. The Morgan fingerprint density at radius 1 is 1.21 bits per heavy atom. The Kier molecular flexibility index (Phi) is 6.15. The van der Waals surface area contributed by atoms with Crippen LogP contribution in [0.25, 0.3) is 5.69 Å². The number of amides is 1. The second kappa shape index (κ2) is 8.11. The quantitative estimate of drug-likeness (QED) is 0.821. The highest BCUT2D eigenvalue weighted by Crippen LogP contribution is 2.23. The van der Waals surface area contributed by atoms with E-state index >= 15 is 0 Å². The molecule has 0 aliphatic rings. The maximum Gasteiger partial charge on any atom is 0.254 e. The van der Waals surface area contributed by atoms with E-state index < -0.39 is 0 Å². The zero-order valence-electron chi connectivity index (χ0n) is 15.3. The SMILES string of the molecule is CCN[C@H](C)CNC(=O)c1cnn(-c2ccc(C)cc2)c1C(C)C. The van der Waals surface area contributed by atoms with Crippen LogP contribution in [-0.2, 0) is 0 Å². The van der Waals surface area contributed by atoms with E-state index in [1.807, 2.05) is 16.8 Å². The van der Waals surface area contributed by atoms with Gasteiger partial charge < -0.3 is 10.6 Å². The van der Waals surface area contributed by atoms with Gasteiger partial charge in [-0.2, -0.15) is 5.10 Å². The van der Waals surface area contributed by atoms with E-state index in [9.17, 15) is 4.79 Å². The molecule has 2 rings (SSSR count). The van der Waals surface area contributed by atoms with E-state index in [-0.39, 0.29) is 17.9 Å². The molecule has 5 heteroatoms. The summed E-state index contributed by atoms with van der Waals surface area (Å²) >= 11 is 0. The second-order valence-corrected chi connectivity index (χ2v) is 6.51. The number of rotatable bonds is 7. The molecule has 0 fully saturated rings. The van der Waals surface area contributed by atoms with Crippen molar-refractivity contribution in [2.75, 3.05) is 13.1 Å². The maximum absolute atomic E-state index is 12.6. The van der Waals surface area contributed by atoms with Gasteiger partial charge in [-0.15, -0.1) is 0 Å². The summed E-state index contributed by atoms with van der Waals surface area (Å²) in [6, 6.07) is 8.41. The monoisotopic (exact) mass is 328 g/mol. The minimum absolute atomic E-state index is 0.0678. The Morgan fingerprint density at radius 2 is 1.88 bits per heavy atom. The van der Waals surface area contributed by atoms with Gasteiger partial charge in [-0.1, -0.05) is 38.5 Å². The molecule has 24 heavy (non-hydrogen) atoms. The molecule has 0 saturated carbocycles. The van der Waals surface area contributed by atoms with Crippen molar-refractivity contribution >= 4 is 5.91 Å². The number of likely N-dealkylation sites (N-methyl/N-ethyl adjacent to an activating group) is 1. The summed E-state index contributed by atoms with van der Waals surface area (Å²) < 4.78 is 1.87. The standard InChI is InChI=1S/C19H28N4O/c1-6-20-15(5)11-21-19(24)17-12-22-23(18(17)13(2)3)16-9-7-14(4)8-10-16/h7-10,12-13,15,20H,6,11H2,1-5H3,(H,21,24)/t15-/m1/s1. The van der Waals surface area contributed by atoms with Crippen molar-refractivity contribution in [1.29, 1.82) is 0 Å². The molecular formula is C19H28N4O. The first-order valence-corrected chi connectivity index (χ1v) is 8.60. The third kappa shape index (κ3) is 4.23. The molecule has 1 aromatic carbocycles. The molecule has 1 atom stereocenters. The van der Waals surface area contributed by atoms with Crippen molar-refractivity contribution in [2.45, 2.75) is 46.6 Å². The molecule has 0 bridgehead atoms. The van der Waals surface area contributed by atoms with Gasteiger partial charge in [0.05, 0.1) is 23.1 Å². The first-order valence-electron chi connectivity index (χ1n) is 8.60. The molecule has 5 nitrogen and oxygen atoms in total. The maximum atomic E-state index is 12.6. The molecule has 0 aliphatic carbocycles. The lowest BCUT2D eigenvalue weighted by Gasteiger charge is -2.15. The van der Waals surface area contributed by atoms with Gasteiger partial charge in [-0.25, -0.2) is 4.68 Å². The summed E-state index contributed by atoms with van der Waals surface area (Å²) in [5, 5.41) is 10.8. The van der Waals surface area contributed by atoms with Crippen LogP contribution in [0.5, 0.6) is 0 Å². The van der Waals surface area contributed by atoms with Gasteiger partial charge in [0.15, 0.2) is 0 Å². The first kappa shape index (κ1) is 18.2. The number of carbonyl (C=O) groups is 1. The molecule has 2 aromatic rings. The predicted molar refractivity (Wildman–Crippen MR) is 97.9 cm³/mol. The highest BCUT2D eigenvalue weighted by Gasteiger charge is 2.21. The largest absolute Gasteiger partial charge is 0.350 e. The van der Waals surface area contributed by atoms with Crippen LogP contribution in [0.4, 0.5) is 0 Å². The van der Waals surface area contributed by atoms with Gasteiger partial charge in [0.2, 0.25) is 0 Å². The number of aryl methyl sites for hydroxylation is 1. The number of aromatic nitrogens is 2. The van der Waals surface area contributed by atoms with E-state index in [4.69, 9.17) is 0 Å². The molecule has 0 spiro atoms. The Bertz CT molecular complexity index is 673. The summed E-state index contributed by atoms with van der Waals surface area (Å²) in [5.74, 6) is 0.127. The van der Waals surface area contributed by atoms with Crippen LogP contribution in [0, 0.1) is 6.92 Å². The molecule has 0 saturated heterocycles. The fraction of sp³-hybridized carbons (Fsp3) is 0.474. The van der Waals surface area contributed by atoms with Crippen LogP contribution in [0.15, 0.2) is 30.5 Å². The summed E-state index contributed by atoms with van der Waals surface area (Å²) in [5.41, 5.74) is 3.76. The lowest BCUT2D eigenvalue weighted by atomic mass is 10.0. The number of carbonyl (C=O) groups excluding carboxylic acids is 1. The zero-order chi connectivity index (χ0) is 17.7. The molecule has 0 radical (unpaired) electrons. The van der Waals surface area contributed by atoms with E-state index in [0.29, 0.717) is 12.1 Å². The van der Waals surface area contributed by atoms with Crippen molar-refractivity contribution in [1.82, 2.24) is 20.4 Å². The van der Waals surface area contributed by atoms with Gasteiger partial charge in [0, 0.05) is 12.6 Å². The van der Waals surface area contributed by atoms with E-state index in [2.05, 4.69) is 62.5 Å². The highest BCUT2D eigenvalue weighted by atomic mass is 16.1. The molecule has 1 heterocycles. The average molecular weight is 328 g/mol. The third-order valence-electron chi connectivity index (χ3n) is 4.00. The highest BCUT2D eigenvalue weighted by molar-refractivity contribution is 5.95. The van der Waals surface area contributed by atoms with Crippen LogP contribution in [-0.4, -0.2) is 34.8 Å². The van der Waals surface area contributed by atoms with Crippen molar-refractivity contribution in [2.24, 2.45) is 0 Å². The van der Waals surface area contributed by atoms with Gasteiger partial charge in [-0.3, -0.25) is 4.79 Å². The number of nitrogens with one attached hydrogen (secondary N) is 2. The minimum atomic E-state index is -0.0678. The van der Waals surface area contributed by atoms with Gasteiger partial charge in [0.25, 0.3) is 5.91 Å². The summed E-state index contributed by atoms with van der Waals surface area (Å²) in [6.45, 7) is 11.8. The Labute approximate surface area is 144 Å². The Hall–Kier alpha value is -2.14. The van der Waals surface area contributed by atoms with Gasteiger partial charge in [0.1, 0.15) is 0 Å². The number of nitrogens with zero attached hydrogens (tertiary/aromatic N) is 2. The van der Waals surface area contributed by atoms with E-state index in [1.54, 1.807) is 6.20 Å². The van der Waals surface area contributed by atoms with E-state index in [1.165, 1.54) is 5.56 Å². The van der Waals surface area contributed by atoms with E-state index in [0.717, 1.165) is 17.9 Å². The normalized spacial score (nSPS) is 12.4. The van der Waals surface area contributed by atoms with Crippen LogP contribution >= 0.6 is 0 Å². The predicted octanol–water partition coefficient (Wildman–Crippen LogP) is 3.03. The van der Waals surface area contributed by atoms with Crippen LogP contribution in [0.3, 0.4) is 0 Å². The number of hydrogen-bond donors (Lipinski definition) is 2. The molecular weight excluding hydrogens is 300 g/mol. The zero-order valence-corrected chi connectivity index (χ0v) is 15.3. The molecule has 0 unspecified atom stereocenters. The lowest BCUT2D eigenvalue weighted by molar-refractivity contribution is 0.0949. The van der Waals surface area contributed by atoms with Crippen molar-refractivity contribution < 1.29 is 4.79 Å². The van der Waals surface area contributed by atoms with Crippen LogP contribution < -0.4 is 10.6 Å². The summed E-state index contributed by atoms with van der Waals surface area (Å²) in [6.07, 6.45) is 1.67. The molecule has 1 aromatic heterocycles. The summed E-state index contributed by atoms with van der Waals surface area (Å²) in [4.78, 5) is 12.6. The van der Waals surface area contributed by atoms with Crippen LogP contribution in [0.2, 0.25) is 0 Å². The molecule has 1 amide bonds. The molecule has 2 N–H and O–H groups in total. The van der Waals surface area contributed by atoms with Gasteiger partial charge >= 0.3 is 0 Å². The van der Waals surface area contributed by atoms with Crippen molar-refractivity contribution in [3.05, 3.63) is 47.3 Å². The van der Waals surface area contributed by atoms with Crippen molar-refractivity contribution in [3.8, 4) is 5.69 Å². The third-order valence-corrected chi connectivity index (χ3v) is 4.00. The summed E-state index contributed by atoms with van der Waals surface area (Å²) in [7, 11) is 0. The Balaban J connectivity index is 2.25. The number of hydrogen-bond acceptors (Lipinski definition) is 3. The average Bonchev–Trinajstić information content (AvgIpc) is 2.99. The van der Waals surface area contributed by atoms with Crippen LogP contribution in [0.1, 0.15) is 55.2 Å². The fourth-order valence-corrected chi connectivity index (χ4v) is 2.74. The fourth-order valence-electron chi connectivity index (χ4n) is 2.74. The smallest absolute Gasteiger partial charge is 0.254 e. The van der Waals surface area contributed by atoms with Gasteiger partial charge in [-0.05, 0) is 38.4 Å².